The Kier molecular flexibility index (Phi) is 5.06. The van der Waals surface area contributed by atoms with Gasteiger partial charge in [0, 0.05) is 29.4 Å². The van der Waals surface area contributed by atoms with Gasteiger partial charge in [0.05, 0.1) is 11.6 Å². The third-order valence-electron chi connectivity index (χ3n) is 3.72. The summed E-state index contributed by atoms with van der Waals surface area (Å²) in [6.07, 6.45) is 3.78. The van der Waals surface area contributed by atoms with Crippen LogP contribution in [0.1, 0.15) is 0 Å². The Balaban J connectivity index is 1.61. The molecule has 0 radical (unpaired) electrons. The third kappa shape index (κ3) is 3.66. The molecule has 1 unspecified atom stereocenters. The van der Waals surface area contributed by atoms with Crippen molar-refractivity contribution >= 4 is 39.2 Å². The molecule has 7 nitrogen and oxygen atoms in total. The van der Waals surface area contributed by atoms with Gasteiger partial charge in [-0.05, 0) is 6.07 Å². The monoisotopic (exact) mass is 426 g/mol. The van der Waals surface area contributed by atoms with E-state index in [2.05, 4.69) is 20.9 Å². The van der Waals surface area contributed by atoms with Crippen molar-refractivity contribution < 1.29 is 20.0 Å². The van der Waals surface area contributed by atoms with E-state index in [0.29, 0.717) is 26.3 Å². The van der Waals surface area contributed by atoms with Crippen molar-refractivity contribution in [1.82, 2.24) is 19.6 Å². The van der Waals surface area contributed by atoms with Gasteiger partial charge in [0.25, 0.3) is 0 Å². The predicted molar refractivity (Wildman–Crippen MR) is 102 cm³/mol. The van der Waals surface area contributed by atoms with Crippen LogP contribution in [-0.4, -0.2) is 43.9 Å². The van der Waals surface area contributed by atoms with Gasteiger partial charge in [-0.25, -0.2) is 9.37 Å². The number of aliphatic hydroxyl groups is 1. The second-order valence-corrected chi connectivity index (χ2v) is 8.01. The van der Waals surface area contributed by atoms with E-state index in [0.717, 1.165) is 4.96 Å². The molecule has 4 N–H and O–H groups in total. The largest absolute Gasteiger partial charge is 0.484 e. The van der Waals surface area contributed by atoms with Crippen molar-refractivity contribution in [3.05, 3.63) is 40.7 Å². The lowest BCUT2D eigenvalue weighted by atomic mass is 10.2. The maximum absolute atomic E-state index is 14.4. The Morgan fingerprint density at radius 3 is 2.93 bits per heavy atom. The van der Waals surface area contributed by atoms with E-state index in [-0.39, 0.29) is 25.0 Å². The highest BCUT2D eigenvalue weighted by molar-refractivity contribution is 7.18. The Labute approximate surface area is 165 Å². The lowest BCUT2D eigenvalue weighted by Crippen LogP contribution is -2.65. The normalized spacial score (nSPS) is 12.6. The molecule has 11 heteroatoms. The van der Waals surface area contributed by atoms with Crippen molar-refractivity contribution in [3.8, 4) is 27.0 Å². The van der Waals surface area contributed by atoms with Crippen molar-refractivity contribution in [3.63, 3.8) is 0 Å². The average molecular weight is 427 g/mol. The molecule has 0 fully saturated rings. The van der Waals surface area contributed by atoms with Crippen LogP contribution in [0.5, 0.6) is 5.75 Å². The van der Waals surface area contributed by atoms with Gasteiger partial charge < -0.3 is 15.6 Å². The highest BCUT2D eigenvalue weighted by atomic mass is 35.5. The summed E-state index contributed by atoms with van der Waals surface area (Å²) >= 11 is 9.10. The van der Waals surface area contributed by atoms with Gasteiger partial charge in [-0.3, -0.25) is 4.40 Å². The molecule has 0 saturated carbocycles. The smallest absolute Gasteiger partial charge is 0.194 e. The minimum absolute atomic E-state index is 0.00456. The summed E-state index contributed by atoms with van der Waals surface area (Å²) in [6.45, 7) is -0.0593. The second-order valence-electron chi connectivity index (χ2n) is 5.75. The number of ether oxygens (including phenoxy) is 1. The van der Waals surface area contributed by atoms with Gasteiger partial charge in [0.2, 0.25) is 0 Å². The Morgan fingerprint density at radius 2 is 2.15 bits per heavy atom. The molecular weight excluding hydrogens is 413 g/mol. The first kappa shape index (κ1) is 18.3. The first-order valence-corrected chi connectivity index (χ1v) is 9.95. The van der Waals surface area contributed by atoms with Gasteiger partial charge in [0.1, 0.15) is 23.4 Å². The molecule has 3 heterocycles. The summed E-state index contributed by atoms with van der Waals surface area (Å²) in [5.41, 5.74) is 4.81. The number of benzene rings is 1. The summed E-state index contributed by atoms with van der Waals surface area (Å²) in [7, 11) is 0. The minimum atomic E-state index is -0.571. The zero-order valence-electron chi connectivity index (χ0n) is 13.8. The first-order chi connectivity index (χ1) is 13.0. The quantitative estimate of drug-likeness (QED) is 0.493. The summed E-state index contributed by atoms with van der Waals surface area (Å²) in [5.74, 6) is -0.566. The van der Waals surface area contributed by atoms with E-state index >= 15 is 0 Å². The van der Waals surface area contributed by atoms with Gasteiger partial charge in [0.15, 0.2) is 21.5 Å². The van der Waals surface area contributed by atoms with Gasteiger partial charge in [-0.2, -0.15) is 0 Å². The molecule has 0 spiro atoms. The molecule has 0 saturated heterocycles. The highest BCUT2D eigenvalue weighted by Crippen LogP contribution is 2.37. The fourth-order valence-electron chi connectivity index (χ4n) is 2.33. The second kappa shape index (κ2) is 7.49. The Morgan fingerprint density at radius 1 is 1.33 bits per heavy atom. The molecule has 140 valence electrons. The van der Waals surface area contributed by atoms with Crippen LogP contribution in [0.2, 0.25) is 5.02 Å². The average Bonchev–Trinajstić information content (AvgIpc) is 3.36. The zero-order chi connectivity index (χ0) is 19.0. The number of imidazole rings is 1. The van der Waals surface area contributed by atoms with E-state index in [1.54, 1.807) is 0 Å². The van der Waals surface area contributed by atoms with Crippen molar-refractivity contribution in [2.24, 2.45) is 0 Å². The summed E-state index contributed by atoms with van der Waals surface area (Å²) in [5, 5.41) is 20.6. The summed E-state index contributed by atoms with van der Waals surface area (Å²) in [4.78, 5) is 5.35. The van der Waals surface area contributed by atoms with Crippen molar-refractivity contribution in [2.45, 2.75) is 6.04 Å². The number of nitrogens with zero attached hydrogens (tertiary/aromatic N) is 4. The molecule has 3 aromatic heterocycles. The standard InChI is InChI=1S/C16H13ClFN5O2S2/c17-10-4-13(25-7-8(19)6-24)11(18)3-9(10)14-21-22-15(27-14)12-5-23-1-2-26-16(23)20-12/h1-5,8,24H,6-7,19H2/p+1. The molecule has 1 atom stereocenters. The maximum Gasteiger partial charge on any atom is 0.194 e. The molecule has 0 aliphatic carbocycles. The van der Waals surface area contributed by atoms with Crippen LogP contribution in [-0.2, 0) is 0 Å². The number of halogens is 2. The van der Waals surface area contributed by atoms with Gasteiger partial charge in [-0.15, -0.1) is 21.5 Å². The number of thiazole rings is 1. The highest BCUT2D eigenvalue weighted by Gasteiger charge is 2.18. The molecule has 0 aliphatic rings. The SMILES string of the molecule is [NH3+]C(CO)COc1cc(Cl)c(-c2nnc(-c3cn4ccsc4n3)s2)cc1F. The first-order valence-electron chi connectivity index (χ1n) is 7.87. The third-order valence-corrected chi connectivity index (χ3v) is 5.78. The van der Waals surface area contributed by atoms with Crippen LogP contribution >= 0.6 is 34.3 Å². The number of hydrogen-bond acceptors (Lipinski definition) is 7. The summed E-state index contributed by atoms with van der Waals surface area (Å²) < 4.78 is 21.6. The van der Waals surface area contributed by atoms with Gasteiger partial charge >= 0.3 is 0 Å². The van der Waals surface area contributed by atoms with Crippen LogP contribution < -0.4 is 10.5 Å². The molecule has 1 aromatic carbocycles. The molecule has 0 amide bonds. The summed E-state index contributed by atoms with van der Waals surface area (Å²) in [6, 6.07) is 2.31. The van der Waals surface area contributed by atoms with E-state index < -0.39 is 5.82 Å². The van der Waals surface area contributed by atoms with Crippen molar-refractivity contribution in [1.29, 1.82) is 0 Å². The lowest BCUT2D eigenvalue weighted by Gasteiger charge is -2.10. The maximum atomic E-state index is 14.4. The number of hydrogen-bond donors (Lipinski definition) is 2. The topological polar surface area (TPSA) is 100 Å². The lowest BCUT2D eigenvalue weighted by molar-refractivity contribution is -0.429. The number of rotatable bonds is 6. The minimum Gasteiger partial charge on any atom is -0.484 e. The molecular formula is C16H14ClFN5O2S2+. The molecule has 0 aliphatic heterocycles. The van der Waals surface area contributed by atoms with Crippen LogP contribution in [0, 0.1) is 5.82 Å². The van der Waals surface area contributed by atoms with Gasteiger partial charge in [-0.1, -0.05) is 22.9 Å². The fraction of sp³-hybridized carbons (Fsp3) is 0.188. The van der Waals surface area contributed by atoms with Crippen LogP contribution in [0.3, 0.4) is 0 Å². The Hall–Kier alpha value is -2.11. The molecule has 0 bridgehead atoms. The number of quaternary nitrogens is 1. The van der Waals surface area contributed by atoms with E-state index in [1.165, 1.54) is 34.8 Å². The molecule has 27 heavy (non-hydrogen) atoms. The van der Waals surface area contributed by atoms with E-state index in [1.807, 2.05) is 22.2 Å². The fourth-order valence-corrected chi connectivity index (χ4v) is 4.16. The van der Waals surface area contributed by atoms with Crippen LogP contribution in [0.25, 0.3) is 26.2 Å². The number of aromatic nitrogens is 4. The Bertz CT molecular complexity index is 1070. The number of fused-ring (bicyclic) bond motifs is 1. The van der Waals surface area contributed by atoms with Crippen LogP contribution in [0.4, 0.5) is 4.39 Å². The zero-order valence-corrected chi connectivity index (χ0v) is 16.2. The van der Waals surface area contributed by atoms with E-state index in [4.69, 9.17) is 21.4 Å². The van der Waals surface area contributed by atoms with Crippen LogP contribution in [0.15, 0.2) is 29.9 Å². The van der Waals surface area contributed by atoms with E-state index in [9.17, 15) is 4.39 Å². The molecule has 4 rings (SSSR count). The molecule has 4 aromatic rings. The van der Waals surface area contributed by atoms with Crippen molar-refractivity contribution in [2.75, 3.05) is 13.2 Å². The predicted octanol–water partition coefficient (Wildman–Crippen LogP) is 2.36. The number of aliphatic hydroxyl groups excluding tert-OH is 1.